The third-order valence-corrected chi connectivity index (χ3v) is 6.70. The number of nitrogens with zero attached hydrogens (tertiary/aromatic N) is 2. The first-order chi connectivity index (χ1) is 13.0. The van der Waals surface area contributed by atoms with Gasteiger partial charge in [0.15, 0.2) is 4.34 Å². The van der Waals surface area contributed by atoms with Crippen LogP contribution in [-0.4, -0.2) is 34.4 Å². The van der Waals surface area contributed by atoms with Gasteiger partial charge in [0.25, 0.3) is 0 Å². The number of thioether (sulfide) groups is 1. The molecule has 1 aromatic heterocycles. The summed E-state index contributed by atoms with van der Waals surface area (Å²) in [6, 6.07) is 7.51. The van der Waals surface area contributed by atoms with Crippen LogP contribution in [0.3, 0.4) is 0 Å². The molecule has 0 radical (unpaired) electrons. The number of nitrogens with one attached hydrogen (secondary N) is 1. The number of carbonyl (C=O) groups is 2. The standard InChI is InChI=1S/C18H20ClN3O3S2/c1-2-25-14(23)11-26-17-22-21-16(27-17)20-15(24)18(8-3-4-9-18)12-6-5-7-13(19)10-12/h5-7,10H,2-4,8-9,11H2,1H3,(H,20,21,24). The zero-order chi connectivity index (χ0) is 19.3. The van der Waals surface area contributed by atoms with Gasteiger partial charge in [-0.25, -0.2) is 0 Å². The van der Waals surface area contributed by atoms with E-state index in [1.807, 2.05) is 24.3 Å². The van der Waals surface area contributed by atoms with Crippen LogP contribution < -0.4 is 5.32 Å². The van der Waals surface area contributed by atoms with Crippen LogP contribution in [0.25, 0.3) is 0 Å². The van der Waals surface area contributed by atoms with E-state index in [0.717, 1.165) is 31.2 Å². The summed E-state index contributed by atoms with van der Waals surface area (Å²) in [7, 11) is 0. The summed E-state index contributed by atoms with van der Waals surface area (Å²) in [5.41, 5.74) is 0.348. The molecule has 0 atom stereocenters. The molecule has 3 rings (SSSR count). The maximum atomic E-state index is 13.1. The van der Waals surface area contributed by atoms with Gasteiger partial charge in [-0.15, -0.1) is 10.2 Å². The fraction of sp³-hybridized carbons (Fsp3) is 0.444. The van der Waals surface area contributed by atoms with Crippen LogP contribution in [0, 0.1) is 0 Å². The Morgan fingerprint density at radius 1 is 1.33 bits per heavy atom. The minimum Gasteiger partial charge on any atom is -0.465 e. The topological polar surface area (TPSA) is 81.2 Å². The Labute approximate surface area is 171 Å². The van der Waals surface area contributed by atoms with Crippen molar-refractivity contribution in [3.05, 3.63) is 34.9 Å². The van der Waals surface area contributed by atoms with E-state index in [0.29, 0.717) is 21.1 Å². The third kappa shape index (κ3) is 4.80. The van der Waals surface area contributed by atoms with E-state index in [-0.39, 0.29) is 17.6 Å². The van der Waals surface area contributed by atoms with Crippen molar-refractivity contribution in [1.29, 1.82) is 0 Å². The SMILES string of the molecule is CCOC(=O)CSc1nnc(NC(=O)C2(c3cccc(Cl)c3)CCCC2)s1. The zero-order valence-electron chi connectivity index (χ0n) is 14.9. The van der Waals surface area contributed by atoms with E-state index >= 15 is 0 Å². The first kappa shape index (κ1) is 20.1. The van der Waals surface area contributed by atoms with Crippen molar-refractivity contribution in [2.75, 3.05) is 17.7 Å². The number of aromatic nitrogens is 2. The van der Waals surface area contributed by atoms with Crippen LogP contribution in [0.15, 0.2) is 28.6 Å². The average molecular weight is 426 g/mol. The number of rotatable bonds is 7. The number of esters is 1. The smallest absolute Gasteiger partial charge is 0.316 e. The molecule has 1 saturated carbocycles. The molecule has 0 saturated heterocycles. The summed E-state index contributed by atoms with van der Waals surface area (Å²) in [6.07, 6.45) is 3.55. The summed E-state index contributed by atoms with van der Waals surface area (Å²) in [5.74, 6) is -0.211. The second-order valence-corrected chi connectivity index (χ2v) is 8.86. The van der Waals surface area contributed by atoms with Gasteiger partial charge < -0.3 is 4.74 Å². The Hall–Kier alpha value is -1.64. The van der Waals surface area contributed by atoms with Gasteiger partial charge in [-0.2, -0.15) is 0 Å². The summed E-state index contributed by atoms with van der Waals surface area (Å²) >= 11 is 8.64. The Bertz CT molecular complexity index is 822. The molecule has 0 bridgehead atoms. The van der Waals surface area contributed by atoms with Gasteiger partial charge in [-0.1, -0.05) is 59.7 Å². The molecule has 1 aliphatic rings. The highest BCUT2D eigenvalue weighted by atomic mass is 35.5. The lowest BCUT2D eigenvalue weighted by molar-refractivity contribution is -0.139. The van der Waals surface area contributed by atoms with Crippen molar-refractivity contribution in [3.8, 4) is 0 Å². The maximum Gasteiger partial charge on any atom is 0.316 e. The number of hydrogen-bond donors (Lipinski definition) is 1. The molecule has 1 heterocycles. The first-order valence-electron chi connectivity index (χ1n) is 8.73. The molecule has 1 aliphatic carbocycles. The lowest BCUT2D eigenvalue weighted by atomic mass is 9.78. The van der Waals surface area contributed by atoms with Crippen molar-refractivity contribution in [1.82, 2.24) is 10.2 Å². The largest absolute Gasteiger partial charge is 0.465 e. The van der Waals surface area contributed by atoms with E-state index in [1.165, 1.54) is 23.1 Å². The van der Waals surface area contributed by atoms with Gasteiger partial charge in [-0.3, -0.25) is 14.9 Å². The van der Waals surface area contributed by atoms with Gasteiger partial charge in [0.2, 0.25) is 11.0 Å². The molecule has 0 aliphatic heterocycles. The van der Waals surface area contributed by atoms with Crippen molar-refractivity contribution < 1.29 is 14.3 Å². The van der Waals surface area contributed by atoms with Gasteiger partial charge in [0, 0.05) is 5.02 Å². The van der Waals surface area contributed by atoms with Gasteiger partial charge in [0.1, 0.15) is 0 Å². The lowest BCUT2D eigenvalue weighted by Gasteiger charge is -2.27. The molecule has 9 heteroatoms. The van der Waals surface area contributed by atoms with Crippen LogP contribution >= 0.6 is 34.7 Å². The normalized spacial score (nSPS) is 15.5. The first-order valence-corrected chi connectivity index (χ1v) is 10.9. The van der Waals surface area contributed by atoms with E-state index in [4.69, 9.17) is 16.3 Å². The van der Waals surface area contributed by atoms with Crippen LogP contribution in [0.4, 0.5) is 5.13 Å². The second-order valence-electron chi connectivity index (χ2n) is 6.22. The molecule has 0 unspecified atom stereocenters. The van der Waals surface area contributed by atoms with Crippen molar-refractivity contribution in [2.24, 2.45) is 0 Å². The minimum absolute atomic E-state index is 0.0830. The van der Waals surface area contributed by atoms with Gasteiger partial charge in [0.05, 0.1) is 17.8 Å². The maximum absolute atomic E-state index is 13.1. The molecule has 27 heavy (non-hydrogen) atoms. The highest BCUT2D eigenvalue weighted by Gasteiger charge is 2.43. The highest BCUT2D eigenvalue weighted by molar-refractivity contribution is 8.01. The van der Waals surface area contributed by atoms with Crippen molar-refractivity contribution in [2.45, 2.75) is 42.4 Å². The lowest BCUT2D eigenvalue weighted by Crippen LogP contribution is -2.38. The quantitative estimate of drug-likeness (QED) is 0.404. The molecule has 1 fully saturated rings. The Kier molecular flexibility index (Phi) is 6.73. The second kappa shape index (κ2) is 9.03. The molecule has 2 aromatic rings. The average Bonchev–Trinajstić information content (AvgIpc) is 3.30. The predicted molar refractivity (Wildman–Crippen MR) is 107 cm³/mol. The fourth-order valence-corrected chi connectivity index (χ4v) is 5.01. The van der Waals surface area contributed by atoms with E-state index < -0.39 is 5.41 Å². The molecule has 1 amide bonds. The van der Waals surface area contributed by atoms with Gasteiger partial charge >= 0.3 is 5.97 Å². The van der Waals surface area contributed by atoms with Crippen molar-refractivity contribution >= 4 is 51.7 Å². The number of anilines is 1. The summed E-state index contributed by atoms with van der Waals surface area (Å²) in [5, 5.41) is 12.0. The number of carbonyl (C=O) groups excluding carboxylic acids is 2. The fourth-order valence-electron chi connectivity index (χ4n) is 3.27. The molecule has 1 aromatic carbocycles. The molecule has 1 N–H and O–H groups in total. The number of hydrogen-bond acceptors (Lipinski definition) is 7. The molecule has 144 valence electrons. The number of benzene rings is 1. The van der Waals surface area contributed by atoms with Crippen LogP contribution in [0.2, 0.25) is 5.02 Å². The summed E-state index contributed by atoms with van der Waals surface area (Å²) in [4.78, 5) is 24.5. The zero-order valence-corrected chi connectivity index (χ0v) is 17.3. The Morgan fingerprint density at radius 3 is 2.81 bits per heavy atom. The molecular formula is C18H20ClN3O3S2. The number of ether oxygens (including phenoxy) is 1. The van der Waals surface area contributed by atoms with Crippen LogP contribution in [-0.2, 0) is 19.7 Å². The molecule has 0 spiro atoms. The molecular weight excluding hydrogens is 406 g/mol. The monoisotopic (exact) mass is 425 g/mol. The minimum atomic E-state index is -0.588. The van der Waals surface area contributed by atoms with E-state index in [9.17, 15) is 9.59 Å². The van der Waals surface area contributed by atoms with Gasteiger partial charge in [-0.05, 0) is 37.5 Å². The predicted octanol–water partition coefficient (Wildman–Crippen LogP) is 4.30. The van der Waals surface area contributed by atoms with E-state index in [2.05, 4.69) is 15.5 Å². The van der Waals surface area contributed by atoms with E-state index in [1.54, 1.807) is 6.92 Å². The summed E-state index contributed by atoms with van der Waals surface area (Å²) < 4.78 is 5.50. The van der Waals surface area contributed by atoms with Crippen molar-refractivity contribution in [3.63, 3.8) is 0 Å². The highest BCUT2D eigenvalue weighted by Crippen LogP contribution is 2.43. The molecule has 6 nitrogen and oxygen atoms in total. The third-order valence-electron chi connectivity index (χ3n) is 4.51. The van der Waals surface area contributed by atoms with Crippen LogP contribution in [0.5, 0.6) is 0 Å². The number of halogens is 1. The Balaban J connectivity index is 1.69. The summed E-state index contributed by atoms with van der Waals surface area (Å²) in [6.45, 7) is 2.11. The number of amides is 1. The van der Waals surface area contributed by atoms with Crippen LogP contribution in [0.1, 0.15) is 38.2 Å². The Morgan fingerprint density at radius 2 is 2.11 bits per heavy atom.